The third kappa shape index (κ3) is 10.0. The molecule has 24 heavy (non-hydrogen) atoms. The van der Waals surface area contributed by atoms with Crippen molar-refractivity contribution in [1.82, 2.24) is 0 Å². The number of hydrogen-bond acceptors (Lipinski definition) is 3. The average Bonchev–Trinajstić information content (AvgIpc) is 2.48. The quantitative estimate of drug-likeness (QED) is 0.346. The van der Waals surface area contributed by atoms with Crippen LogP contribution in [-0.2, 0) is 16.5 Å². The minimum Gasteiger partial charge on any atom is -0.872 e. The minimum absolute atomic E-state index is 0. The summed E-state index contributed by atoms with van der Waals surface area (Å²) >= 11 is 0. The molecule has 0 radical (unpaired) electrons. The Balaban J connectivity index is 0.00000529. The van der Waals surface area contributed by atoms with E-state index in [-0.39, 0.29) is 29.6 Å². The summed E-state index contributed by atoms with van der Waals surface area (Å²) in [4.78, 5) is -0.538. The van der Waals surface area contributed by atoms with Crippen molar-refractivity contribution < 1.29 is 47.6 Å². The molecule has 0 amide bonds. The number of aryl methyl sites for hydroxylation is 1. The standard InChI is InChI=1S/C18H30O4S.Na/c1-2-3-4-5-6-7-8-9-10-11-12-16-13-14-18(17(19)15-16)23(20,21)22;/h13-15,19H,2-12H2,1H3,(H,20,21,22);/q;+1/p-1. The van der Waals surface area contributed by atoms with Gasteiger partial charge in [-0.25, -0.2) is 0 Å². The largest absolute Gasteiger partial charge is 1.00 e. The van der Waals surface area contributed by atoms with Crippen LogP contribution in [0.2, 0.25) is 0 Å². The molecule has 1 rings (SSSR count). The van der Waals surface area contributed by atoms with Gasteiger partial charge < -0.3 is 5.11 Å². The van der Waals surface area contributed by atoms with Crippen molar-refractivity contribution in [3.05, 3.63) is 23.8 Å². The van der Waals surface area contributed by atoms with Gasteiger partial charge in [-0.05, 0) is 24.5 Å². The van der Waals surface area contributed by atoms with E-state index in [1.165, 1.54) is 63.5 Å². The van der Waals surface area contributed by atoms with Crippen LogP contribution >= 0.6 is 0 Å². The number of benzene rings is 1. The van der Waals surface area contributed by atoms with Gasteiger partial charge in [-0.15, -0.1) is 0 Å². The van der Waals surface area contributed by atoms with Gasteiger partial charge in [0.25, 0.3) is 10.1 Å². The molecule has 0 saturated carbocycles. The Morgan fingerprint density at radius 3 is 1.88 bits per heavy atom. The molecule has 1 N–H and O–H groups in total. The zero-order valence-corrected chi connectivity index (χ0v) is 17.9. The van der Waals surface area contributed by atoms with Gasteiger partial charge in [-0.1, -0.05) is 82.6 Å². The van der Waals surface area contributed by atoms with Crippen molar-refractivity contribution in [2.75, 3.05) is 0 Å². The molecule has 0 aliphatic carbocycles. The van der Waals surface area contributed by atoms with Crippen molar-refractivity contribution >= 4 is 10.1 Å². The fourth-order valence-corrected chi connectivity index (χ4v) is 3.29. The minimum atomic E-state index is -4.41. The first-order valence-corrected chi connectivity index (χ1v) is 10.2. The molecular weight excluding hydrogens is 335 g/mol. The zero-order valence-electron chi connectivity index (χ0n) is 15.1. The van der Waals surface area contributed by atoms with E-state index >= 15 is 0 Å². The summed E-state index contributed by atoms with van der Waals surface area (Å²) in [6, 6.07) is 4.12. The van der Waals surface area contributed by atoms with Crippen molar-refractivity contribution in [2.45, 2.75) is 82.4 Å². The number of hydrogen-bond donors (Lipinski definition) is 1. The second-order valence-corrected chi connectivity index (χ2v) is 7.58. The average molecular weight is 364 g/mol. The predicted molar refractivity (Wildman–Crippen MR) is 91.3 cm³/mol. The van der Waals surface area contributed by atoms with Gasteiger partial charge in [0.1, 0.15) is 0 Å². The molecule has 0 atom stereocenters. The third-order valence-corrected chi connectivity index (χ3v) is 5.00. The van der Waals surface area contributed by atoms with Crippen LogP contribution < -0.4 is 34.7 Å². The monoisotopic (exact) mass is 364 g/mol. The maximum Gasteiger partial charge on any atom is 1.00 e. The van der Waals surface area contributed by atoms with Gasteiger partial charge in [0, 0.05) is 0 Å². The topological polar surface area (TPSA) is 77.4 Å². The van der Waals surface area contributed by atoms with Gasteiger partial charge in [0.15, 0.2) is 0 Å². The molecule has 6 heteroatoms. The van der Waals surface area contributed by atoms with E-state index in [1.807, 2.05) is 0 Å². The summed E-state index contributed by atoms with van der Waals surface area (Å²) in [6.07, 6.45) is 13.3. The molecule has 132 valence electrons. The first-order valence-electron chi connectivity index (χ1n) is 8.72. The molecule has 0 spiro atoms. The van der Waals surface area contributed by atoms with E-state index in [1.54, 1.807) is 6.07 Å². The molecular formula is C18H29NaO4S. The van der Waals surface area contributed by atoms with Crippen LogP contribution in [0.4, 0.5) is 0 Å². The van der Waals surface area contributed by atoms with Gasteiger partial charge in [-0.2, -0.15) is 8.42 Å². The first-order chi connectivity index (χ1) is 10.9. The molecule has 0 aromatic heterocycles. The first kappa shape index (κ1) is 23.9. The number of unbranched alkanes of at least 4 members (excludes halogenated alkanes) is 9. The van der Waals surface area contributed by atoms with Crippen LogP contribution in [0.15, 0.2) is 23.1 Å². The van der Waals surface area contributed by atoms with Gasteiger partial charge >= 0.3 is 29.6 Å². The summed E-state index contributed by atoms with van der Waals surface area (Å²) in [6.45, 7) is 2.23. The third-order valence-electron chi connectivity index (χ3n) is 4.11. The SMILES string of the molecule is CCCCCCCCCCCCc1ccc(S(=O)(=O)O)c([O-])c1.[Na+]. The zero-order chi connectivity index (χ0) is 17.1. The van der Waals surface area contributed by atoms with E-state index < -0.39 is 20.8 Å². The maximum atomic E-state index is 11.6. The van der Waals surface area contributed by atoms with Crippen molar-refractivity contribution in [3.8, 4) is 5.75 Å². The van der Waals surface area contributed by atoms with Crippen LogP contribution in [0, 0.1) is 0 Å². The second kappa shape index (κ2) is 13.2. The van der Waals surface area contributed by atoms with E-state index in [0.717, 1.165) is 24.8 Å². The Labute approximate surface area is 169 Å². The Hall–Kier alpha value is -0.0700. The fourth-order valence-electron chi connectivity index (χ4n) is 2.74. The Kier molecular flexibility index (Phi) is 13.1. The number of rotatable bonds is 12. The van der Waals surface area contributed by atoms with Crippen LogP contribution in [0.1, 0.15) is 76.7 Å². The summed E-state index contributed by atoms with van der Waals surface area (Å²) in [5, 5.41) is 11.6. The summed E-state index contributed by atoms with van der Waals surface area (Å²) in [5.41, 5.74) is 0.835. The van der Waals surface area contributed by atoms with Gasteiger partial charge in [-0.3, -0.25) is 4.55 Å². The summed E-state index contributed by atoms with van der Waals surface area (Å²) < 4.78 is 30.8. The van der Waals surface area contributed by atoms with Crippen LogP contribution in [0.3, 0.4) is 0 Å². The second-order valence-electron chi connectivity index (χ2n) is 6.19. The van der Waals surface area contributed by atoms with E-state index in [4.69, 9.17) is 4.55 Å². The van der Waals surface area contributed by atoms with E-state index in [2.05, 4.69) is 6.92 Å². The van der Waals surface area contributed by atoms with Crippen molar-refractivity contribution in [2.24, 2.45) is 0 Å². The normalized spacial score (nSPS) is 11.2. The molecule has 0 fully saturated rings. The van der Waals surface area contributed by atoms with E-state index in [0.29, 0.717) is 0 Å². The summed E-state index contributed by atoms with van der Waals surface area (Å²) in [5.74, 6) is -0.628. The Bertz CT molecular complexity index is 558. The Morgan fingerprint density at radius 1 is 0.917 bits per heavy atom. The molecule has 0 bridgehead atoms. The van der Waals surface area contributed by atoms with Gasteiger partial charge in [0.05, 0.1) is 4.90 Å². The maximum absolute atomic E-state index is 11.6. The molecule has 4 nitrogen and oxygen atoms in total. The molecule has 0 heterocycles. The van der Waals surface area contributed by atoms with E-state index in [9.17, 15) is 13.5 Å². The van der Waals surface area contributed by atoms with Crippen LogP contribution in [0.5, 0.6) is 5.75 Å². The van der Waals surface area contributed by atoms with Gasteiger partial charge in [0.2, 0.25) is 0 Å². The smallest absolute Gasteiger partial charge is 0.872 e. The molecule has 1 aromatic rings. The molecule has 0 aliphatic rings. The fraction of sp³-hybridized carbons (Fsp3) is 0.667. The van der Waals surface area contributed by atoms with Crippen molar-refractivity contribution in [3.63, 3.8) is 0 Å². The molecule has 0 saturated heterocycles. The predicted octanol–water partition coefficient (Wildman–Crippen LogP) is 1.47. The molecule has 1 aromatic carbocycles. The summed E-state index contributed by atoms with van der Waals surface area (Å²) in [7, 11) is -4.41. The van der Waals surface area contributed by atoms with Crippen LogP contribution in [0.25, 0.3) is 0 Å². The van der Waals surface area contributed by atoms with Crippen LogP contribution in [-0.4, -0.2) is 13.0 Å². The molecule has 0 unspecified atom stereocenters. The Morgan fingerprint density at radius 2 is 1.42 bits per heavy atom. The molecule has 0 aliphatic heterocycles. The van der Waals surface area contributed by atoms with Crippen molar-refractivity contribution in [1.29, 1.82) is 0 Å².